The minimum absolute atomic E-state index is 0.0475. The molecule has 1 heterocycles. The first-order valence-electron chi connectivity index (χ1n) is 7.12. The van der Waals surface area contributed by atoms with Gasteiger partial charge in [-0.05, 0) is 42.7 Å². The number of aromatic nitrogens is 1. The van der Waals surface area contributed by atoms with E-state index in [-0.39, 0.29) is 5.91 Å². The van der Waals surface area contributed by atoms with Gasteiger partial charge in [-0.2, -0.15) is 4.57 Å². The standard InChI is InChI=1S/C17H19ClN2O/c1-3-4-14-7-9-20(10-8-14)12-17(21)19-16-6-5-15(18)11-13(16)2/h5-11H,3-4,12H2,1-2H3/p+1. The predicted octanol–water partition coefficient (Wildman–Crippen LogP) is 3.53. The molecule has 0 atom stereocenters. The van der Waals surface area contributed by atoms with E-state index in [0.29, 0.717) is 11.6 Å². The fourth-order valence-corrected chi connectivity index (χ4v) is 2.40. The Labute approximate surface area is 130 Å². The first-order chi connectivity index (χ1) is 10.1. The number of benzene rings is 1. The Balaban J connectivity index is 1.98. The number of rotatable bonds is 5. The van der Waals surface area contributed by atoms with Crippen molar-refractivity contribution in [1.82, 2.24) is 0 Å². The van der Waals surface area contributed by atoms with Gasteiger partial charge in [0.1, 0.15) is 0 Å². The number of hydrogen-bond donors (Lipinski definition) is 1. The summed E-state index contributed by atoms with van der Waals surface area (Å²) in [6.45, 7) is 4.38. The van der Waals surface area contributed by atoms with Gasteiger partial charge in [-0.25, -0.2) is 0 Å². The van der Waals surface area contributed by atoms with Gasteiger partial charge >= 0.3 is 0 Å². The van der Waals surface area contributed by atoms with E-state index < -0.39 is 0 Å². The highest BCUT2D eigenvalue weighted by Gasteiger charge is 2.10. The molecule has 0 aliphatic heterocycles. The van der Waals surface area contributed by atoms with Crippen LogP contribution in [0.2, 0.25) is 5.02 Å². The molecule has 1 aromatic carbocycles. The molecule has 2 aromatic rings. The summed E-state index contributed by atoms with van der Waals surface area (Å²) in [5, 5.41) is 3.58. The summed E-state index contributed by atoms with van der Waals surface area (Å²) >= 11 is 5.91. The Morgan fingerprint density at radius 2 is 1.95 bits per heavy atom. The number of halogens is 1. The van der Waals surface area contributed by atoms with E-state index in [9.17, 15) is 4.79 Å². The highest BCUT2D eigenvalue weighted by molar-refractivity contribution is 6.30. The van der Waals surface area contributed by atoms with E-state index in [2.05, 4.69) is 24.4 Å². The van der Waals surface area contributed by atoms with Crippen molar-refractivity contribution in [3.63, 3.8) is 0 Å². The van der Waals surface area contributed by atoms with Crippen LogP contribution in [0.3, 0.4) is 0 Å². The van der Waals surface area contributed by atoms with E-state index in [0.717, 1.165) is 24.1 Å². The van der Waals surface area contributed by atoms with Gasteiger partial charge in [-0.15, -0.1) is 0 Å². The van der Waals surface area contributed by atoms with Gasteiger partial charge in [0.05, 0.1) is 0 Å². The van der Waals surface area contributed by atoms with Gasteiger partial charge in [-0.3, -0.25) is 4.79 Å². The number of carbonyl (C=O) groups is 1. The van der Waals surface area contributed by atoms with E-state index in [1.165, 1.54) is 5.56 Å². The average molecular weight is 304 g/mol. The molecular weight excluding hydrogens is 284 g/mol. The predicted molar refractivity (Wildman–Crippen MR) is 85.5 cm³/mol. The zero-order valence-corrected chi connectivity index (χ0v) is 13.2. The van der Waals surface area contributed by atoms with Crippen molar-refractivity contribution in [3.05, 3.63) is 58.9 Å². The van der Waals surface area contributed by atoms with Gasteiger partial charge in [0.2, 0.25) is 6.54 Å². The third-order valence-corrected chi connectivity index (χ3v) is 3.52. The zero-order valence-electron chi connectivity index (χ0n) is 12.4. The third kappa shape index (κ3) is 4.57. The quantitative estimate of drug-likeness (QED) is 0.842. The van der Waals surface area contributed by atoms with Crippen LogP contribution in [-0.2, 0) is 17.8 Å². The average Bonchev–Trinajstić information content (AvgIpc) is 2.44. The number of hydrogen-bond acceptors (Lipinski definition) is 1. The largest absolute Gasteiger partial charge is 0.320 e. The van der Waals surface area contributed by atoms with Gasteiger partial charge in [-0.1, -0.05) is 24.9 Å². The van der Waals surface area contributed by atoms with Crippen molar-refractivity contribution in [3.8, 4) is 0 Å². The lowest BCUT2D eigenvalue weighted by Crippen LogP contribution is -2.39. The van der Waals surface area contributed by atoms with Crippen molar-refractivity contribution in [2.45, 2.75) is 33.2 Å². The van der Waals surface area contributed by atoms with Gasteiger partial charge in [0.15, 0.2) is 12.4 Å². The smallest absolute Gasteiger partial charge is 0.290 e. The Morgan fingerprint density at radius 3 is 2.57 bits per heavy atom. The van der Waals surface area contributed by atoms with Crippen molar-refractivity contribution in [2.24, 2.45) is 0 Å². The van der Waals surface area contributed by atoms with E-state index in [4.69, 9.17) is 11.6 Å². The Kier molecular flexibility index (Phi) is 5.34. The second-order valence-corrected chi connectivity index (χ2v) is 5.57. The van der Waals surface area contributed by atoms with E-state index >= 15 is 0 Å². The number of carbonyl (C=O) groups excluding carboxylic acids is 1. The van der Waals surface area contributed by atoms with Gasteiger partial charge in [0.25, 0.3) is 5.91 Å². The highest BCUT2D eigenvalue weighted by atomic mass is 35.5. The summed E-state index contributed by atoms with van der Waals surface area (Å²) in [7, 11) is 0. The van der Waals surface area contributed by atoms with Crippen molar-refractivity contribution >= 4 is 23.2 Å². The molecule has 0 saturated heterocycles. The fourth-order valence-electron chi connectivity index (χ4n) is 2.17. The monoisotopic (exact) mass is 303 g/mol. The van der Waals surface area contributed by atoms with Crippen LogP contribution in [0.5, 0.6) is 0 Å². The summed E-state index contributed by atoms with van der Waals surface area (Å²) < 4.78 is 1.87. The highest BCUT2D eigenvalue weighted by Crippen LogP contribution is 2.19. The Morgan fingerprint density at radius 1 is 1.24 bits per heavy atom. The van der Waals surface area contributed by atoms with Crippen molar-refractivity contribution < 1.29 is 9.36 Å². The zero-order chi connectivity index (χ0) is 15.2. The number of nitrogens with zero attached hydrogens (tertiary/aromatic N) is 1. The maximum absolute atomic E-state index is 12.1. The van der Waals surface area contributed by atoms with E-state index in [1.54, 1.807) is 6.07 Å². The summed E-state index contributed by atoms with van der Waals surface area (Å²) in [4.78, 5) is 12.1. The molecule has 0 aliphatic carbocycles. The van der Waals surface area contributed by atoms with Crippen LogP contribution in [0, 0.1) is 6.92 Å². The molecule has 0 spiro atoms. The first-order valence-corrected chi connectivity index (χ1v) is 7.50. The minimum atomic E-state index is -0.0475. The lowest BCUT2D eigenvalue weighted by molar-refractivity contribution is -0.684. The Bertz CT molecular complexity index is 623. The number of anilines is 1. The van der Waals surface area contributed by atoms with Crippen LogP contribution in [0.25, 0.3) is 0 Å². The summed E-state index contributed by atoms with van der Waals surface area (Å²) in [5.74, 6) is -0.0475. The number of nitrogens with one attached hydrogen (secondary N) is 1. The van der Waals surface area contributed by atoms with Gasteiger partial charge in [0, 0.05) is 22.8 Å². The maximum atomic E-state index is 12.1. The second-order valence-electron chi connectivity index (χ2n) is 5.14. The molecule has 4 heteroatoms. The molecule has 1 aromatic heterocycles. The molecule has 0 fully saturated rings. The van der Waals surface area contributed by atoms with Crippen LogP contribution in [-0.4, -0.2) is 5.91 Å². The molecule has 1 N–H and O–H groups in total. The first kappa shape index (κ1) is 15.5. The lowest BCUT2D eigenvalue weighted by Gasteiger charge is -2.07. The molecule has 0 bridgehead atoms. The molecular formula is C17H20ClN2O+. The summed E-state index contributed by atoms with van der Waals surface area (Å²) in [6.07, 6.45) is 6.08. The normalized spacial score (nSPS) is 10.4. The topological polar surface area (TPSA) is 33.0 Å². The molecule has 0 unspecified atom stereocenters. The van der Waals surface area contributed by atoms with E-state index in [1.807, 2.05) is 36.0 Å². The van der Waals surface area contributed by atoms with Crippen LogP contribution < -0.4 is 9.88 Å². The SMILES string of the molecule is CCCc1cc[n+](CC(=O)Nc2ccc(Cl)cc2C)cc1. The van der Waals surface area contributed by atoms with Crippen LogP contribution >= 0.6 is 11.6 Å². The van der Waals surface area contributed by atoms with Crippen LogP contribution in [0.4, 0.5) is 5.69 Å². The maximum Gasteiger partial charge on any atom is 0.290 e. The van der Waals surface area contributed by atoms with Crippen LogP contribution in [0.1, 0.15) is 24.5 Å². The molecule has 0 radical (unpaired) electrons. The molecule has 1 amide bonds. The molecule has 0 saturated carbocycles. The Hall–Kier alpha value is -1.87. The molecule has 3 nitrogen and oxygen atoms in total. The van der Waals surface area contributed by atoms with Crippen molar-refractivity contribution in [2.75, 3.05) is 5.32 Å². The second kappa shape index (κ2) is 7.23. The summed E-state index contributed by atoms with van der Waals surface area (Å²) in [6, 6.07) is 9.56. The fraction of sp³-hybridized carbons (Fsp3) is 0.294. The summed E-state index contributed by atoms with van der Waals surface area (Å²) in [5.41, 5.74) is 3.05. The molecule has 21 heavy (non-hydrogen) atoms. The number of amides is 1. The number of aryl methyl sites for hydroxylation is 2. The molecule has 110 valence electrons. The number of pyridine rings is 1. The lowest BCUT2D eigenvalue weighted by atomic mass is 10.1. The molecule has 0 aliphatic rings. The van der Waals surface area contributed by atoms with Gasteiger partial charge < -0.3 is 5.32 Å². The minimum Gasteiger partial charge on any atom is -0.320 e. The van der Waals surface area contributed by atoms with Crippen LogP contribution in [0.15, 0.2) is 42.7 Å². The third-order valence-electron chi connectivity index (χ3n) is 3.29. The van der Waals surface area contributed by atoms with Crippen molar-refractivity contribution in [1.29, 1.82) is 0 Å². The molecule has 2 rings (SSSR count).